The van der Waals surface area contributed by atoms with Gasteiger partial charge in [0.25, 0.3) is 0 Å². The van der Waals surface area contributed by atoms with Crippen molar-refractivity contribution in [2.45, 2.75) is 32.3 Å². The molecule has 1 aliphatic rings. The standard InChI is InChI=1S/C17H21N5O3/c1-20-5-4-18-17(20)16(24)15-8-12-9-21(6-7-22(12)19-15)10-13-2-3-14(11-23)25-13/h2-5,8,16,23-24H,6-7,9-11H2,1H3. The Labute approximate surface area is 144 Å². The molecule has 4 rings (SSSR count). The molecule has 4 heterocycles. The van der Waals surface area contributed by atoms with Gasteiger partial charge in [0.15, 0.2) is 6.10 Å². The molecule has 0 saturated heterocycles. The molecule has 25 heavy (non-hydrogen) atoms. The van der Waals surface area contributed by atoms with E-state index in [0.717, 1.165) is 31.1 Å². The average molecular weight is 343 g/mol. The molecule has 3 aromatic rings. The number of imidazole rings is 1. The maximum Gasteiger partial charge on any atom is 0.155 e. The molecule has 2 N–H and O–H groups in total. The zero-order valence-corrected chi connectivity index (χ0v) is 14.0. The molecule has 1 aliphatic heterocycles. The van der Waals surface area contributed by atoms with Crippen molar-refractivity contribution in [3.05, 3.63) is 59.3 Å². The summed E-state index contributed by atoms with van der Waals surface area (Å²) >= 11 is 0. The second-order valence-electron chi connectivity index (χ2n) is 6.32. The highest BCUT2D eigenvalue weighted by atomic mass is 16.4. The Morgan fingerprint density at radius 3 is 2.84 bits per heavy atom. The van der Waals surface area contributed by atoms with Crippen LogP contribution < -0.4 is 0 Å². The monoisotopic (exact) mass is 343 g/mol. The van der Waals surface area contributed by atoms with Gasteiger partial charge in [0, 0.05) is 32.5 Å². The molecular formula is C17H21N5O3. The van der Waals surface area contributed by atoms with E-state index < -0.39 is 6.10 Å². The first-order valence-corrected chi connectivity index (χ1v) is 8.27. The van der Waals surface area contributed by atoms with Crippen molar-refractivity contribution in [1.29, 1.82) is 0 Å². The number of aliphatic hydroxyl groups is 2. The van der Waals surface area contributed by atoms with Crippen LogP contribution in [0.1, 0.15) is 34.8 Å². The van der Waals surface area contributed by atoms with Crippen molar-refractivity contribution >= 4 is 0 Å². The average Bonchev–Trinajstić information content (AvgIpc) is 3.33. The fourth-order valence-corrected chi connectivity index (χ4v) is 3.20. The third-order valence-corrected chi connectivity index (χ3v) is 4.53. The minimum absolute atomic E-state index is 0.0821. The summed E-state index contributed by atoms with van der Waals surface area (Å²) in [5, 5.41) is 24.2. The van der Waals surface area contributed by atoms with E-state index in [1.165, 1.54) is 0 Å². The van der Waals surface area contributed by atoms with Crippen LogP contribution in [-0.4, -0.2) is 41.0 Å². The first-order chi connectivity index (χ1) is 12.1. The minimum atomic E-state index is -0.830. The molecule has 1 atom stereocenters. The van der Waals surface area contributed by atoms with Gasteiger partial charge in [0.2, 0.25) is 0 Å². The predicted molar refractivity (Wildman–Crippen MR) is 88.2 cm³/mol. The Morgan fingerprint density at radius 2 is 2.12 bits per heavy atom. The van der Waals surface area contributed by atoms with Gasteiger partial charge >= 0.3 is 0 Å². The van der Waals surface area contributed by atoms with Crippen LogP contribution in [0, 0.1) is 0 Å². The molecular weight excluding hydrogens is 322 g/mol. The number of rotatable bonds is 5. The zero-order valence-electron chi connectivity index (χ0n) is 14.0. The number of fused-ring (bicyclic) bond motifs is 1. The SMILES string of the molecule is Cn1ccnc1C(O)c1cc2n(n1)CCN(Cc1ccc(CO)o1)C2. The molecule has 0 fully saturated rings. The third kappa shape index (κ3) is 3.11. The molecule has 0 radical (unpaired) electrons. The van der Waals surface area contributed by atoms with E-state index in [0.29, 0.717) is 23.8 Å². The van der Waals surface area contributed by atoms with E-state index in [1.807, 2.05) is 23.9 Å². The van der Waals surface area contributed by atoms with Crippen LogP contribution in [0.5, 0.6) is 0 Å². The van der Waals surface area contributed by atoms with Crippen molar-refractivity contribution in [2.75, 3.05) is 6.54 Å². The van der Waals surface area contributed by atoms with E-state index in [1.54, 1.807) is 23.0 Å². The van der Waals surface area contributed by atoms with Crippen LogP contribution in [0.2, 0.25) is 0 Å². The summed E-state index contributed by atoms with van der Waals surface area (Å²) in [5.74, 6) is 2.00. The van der Waals surface area contributed by atoms with E-state index in [9.17, 15) is 5.11 Å². The van der Waals surface area contributed by atoms with Gasteiger partial charge in [-0.3, -0.25) is 9.58 Å². The van der Waals surface area contributed by atoms with Crippen molar-refractivity contribution < 1.29 is 14.6 Å². The molecule has 8 nitrogen and oxygen atoms in total. The summed E-state index contributed by atoms with van der Waals surface area (Å²) in [6.07, 6.45) is 2.64. The lowest BCUT2D eigenvalue weighted by molar-refractivity contribution is 0.181. The number of nitrogens with zero attached hydrogens (tertiary/aromatic N) is 5. The van der Waals surface area contributed by atoms with Crippen molar-refractivity contribution in [2.24, 2.45) is 7.05 Å². The second-order valence-corrected chi connectivity index (χ2v) is 6.32. The summed E-state index contributed by atoms with van der Waals surface area (Å²) in [5.41, 5.74) is 1.68. The highest BCUT2D eigenvalue weighted by molar-refractivity contribution is 5.20. The molecule has 132 valence electrons. The van der Waals surface area contributed by atoms with Crippen LogP contribution in [0.3, 0.4) is 0 Å². The maximum atomic E-state index is 10.5. The number of hydrogen-bond donors (Lipinski definition) is 2. The van der Waals surface area contributed by atoms with E-state index in [4.69, 9.17) is 9.52 Å². The molecule has 0 saturated carbocycles. The summed E-state index contributed by atoms with van der Waals surface area (Å²) in [6.45, 7) is 2.94. The zero-order chi connectivity index (χ0) is 17.4. The van der Waals surface area contributed by atoms with Crippen LogP contribution in [0.25, 0.3) is 0 Å². The molecule has 1 unspecified atom stereocenters. The molecule has 0 aromatic carbocycles. The number of furan rings is 1. The number of aromatic nitrogens is 4. The van der Waals surface area contributed by atoms with Gasteiger partial charge in [0.1, 0.15) is 24.0 Å². The highest BCUT2D eigenvalue weighted by Gasteiger charge is 2.24. The highest BCUT2D eigenvalue weighted by Crippen LogP contribution is 2.23. The van der Waals surface area contributed by atoms with Crippen LogP contribution >= 0.6 is 0 Å². The number of hydrogen-bond acceptors (Lipinski definition) is 6. The molecule has 0 spiro atoms. The first kappa shape index (κ1) is 16.1. The lowest BCUT2D eigenvalue weighted by Gasteiger charge is -2.26. The Morgan fingerprint density at radius 1 is 1.28 bits per heavy atom. The van der Waals surface area contributed by atoms with Crippen molar-refractivity contribution in [3.63, 3.8) is 0 Å². The van der Waals surface area contributed by atoms with Gasteiger partial charge in [-0.1, -0.05) is 0 Å². The second kappa shape index (κ2) is 6.47. The van der Waals surface area contributed by atoms with Crippen molar-refractivity contribution in [3.8, 4) is 0 Å². The Balaban J connectivity index is 1.48. The van der Waals surface area contributed by atoms with Gasteiger partial charge < -0.3 is 19.2 Å². The molecule has 0 aliphatic carbocycles. The summed E-state index contributed by atoms with van der Waals surface area (Å²) in [6, 6.07) is 5.63. The first-order valence-electron chi connectivity index (χ1n) is 8.27. The van der Waals surface area contributed by atoms with Crippen LogP contribution in [-0.2, 0) is 33.3 Å². The molecule has 8 heteroatoms. The number of aryl methyl sites for hydroxylation is 1. The topological polar surface area (TPSA) is 92.5 Å². The smallest absolute Gasteiger partial charge is 0.155 e. The Bertz CT molecular complexity index is 865. The maximum absolute atomic E-state index is 10.5. The van der Waals surface area contributed by atoms with Gasteiger partial charge in [-0.2, -0.15) is 5.10 Å². The van der Waals surface area contributed by atoms with Gasteiger partial charge in [-0.15, -0.1) is 0 Å². The van der Waals surface area contributed by atoms with Gasteiger partial charge in [0.05, 0.1) is 24.5 Å². The predicted octanol–water partition coefficient (Wildman–Crippen LogP) is 0.799. The van der Waals surface area contributed by atoms with E-state index in [-0.39, 0.29) is 6.61 Å². The minimum Gasteiger partial charge on any atom is -0.462 e. The van der Waals surface area contributed by atoms with Crippen molar-refractivity contribution in [1.82, 2.24) is 24.2 Å². The fraction of sp³-hybridized carbons (Fsp3) is 0.412. The van der Waals surface area contributed by atoms with Gasteiger partial charge in [-0.05, 0) is 18.2 Å². The van der Waals surface area contributed by atoms with Gasteiger partial charge in [-0.25, -0.2) is 4.98 Å². The summed E-state index contributed by atoms with van der Waals surface area (Å²) in [7, 11) is 1.85. The van der Waals surface area contributed by atoms with E-state index >= 15 is 0 Å². The molecule has 0 bridgehead atoms. The largest absolute Gasteiger partial charge is 0.462 e. The summed E-state index contributed by atoms with van der Waals surface area (Å²) < 4.78 is 9.30. The lowest BCUT2D eigenvalue weighted by Crippen LogP contribution is -2.33. The normalized spacial score (nSPS) is 16.1. The quantitative estimate of drug-likeness (QED) is 0.712. The summed E-state index contributed by atoms with van der Waals surface area (Å²) in [4.78, 5) is 6.46. The lowest BCUT2D eigenvalue weighted by atomic mass is 10.2. The Kier molecular flexibility index (Phi) is 4.16. The number of aliphatic hydroxyl groups excluding tert-OH is 2. The molecule has 3 aromatic heterocycles. The Hall–Kier alpha value is -2.42. The molecule has 0 amide bonds. The third-order valence-electron chi connectivity index (χ3n) is 4.53. The van der Waals surface area contributed by atoms with E-state index in [2.05, 4.69) is 15.0 Å². The van der Waals surface area contributed by atoms with Crippen LogP contribution in [0.15, 0.2) is 35.0 Å². The van der Waals surface area contributed by atoms with Crippen LogP contribution in [0.4, 0.5) is 0 Å². The fourth-order valence-electron chi connectivity index (χ4n) is 3.20.